The van der Waals surface area contributed by atoms with E-state index < -0.39 is 10.8 Å². The molecule has 148 valence electrons. The number of non-ortho nitro benzene ring substituents is 1. The van der Waals surface area contributed by atoms with Gasteiger partial charge in [0, 0.05) is 17.0 Å². The Hall–Kier alpha value is -3.40. The molecule has 1 aromatic carbocycles. The lowest BCUT2D eigenvalue weighted by atomic mass is 9.97. The number of nitrogens with zero attached hydrogens (tertiary/aromatic N) is 4. The third-order valence-corrected chi connectivity index (χ3v) is 5.96. The summed E-state index contributed by atoms with van der Waals surface area (Å²) in [7, 11) is 0. The summed E-state index contributed by atoms with van der Waals surface area (Å²) in [4.78, 5) is 41.5. The molecule has 29 heavy (non-hydrogen) atoms. The Bertz CT molecular complexity index is 1180. The average molecular weight is 411 g/mol. The lowest BCUT2D eigenvalue weighted by molar-refractivity contribution is -0.384. The SMILES string of the molecule is O=C(Cn1cnc2sc3c(c2c1=O)CCCC3)N/N=C\c1ccc([N+](=O)[O-])cc1. The summed E-state index contributed by atoms with van der Waals surface area (Å²) in [6.45, 7) is -0.190. The molecule has 0 atom stereocenters. The Morgan fingerprint density at radius 2 is 2.07 bits per heavy atom. The summed E-state index contributed by atoms with van der Waals surface area (Å²) in [5.41, 5.74) is 3.81. The zero-order valence-corrected chi connectivity index (χ0v) is 16.1. The minimum Gasteiger partial charge on any atom is -0.289 e. The van der Waals surface area contributed by atoms with E-state index in [9.17, 15) is 19.7 Å². The smallest absolute Gasteiger partial charge is 0.269 e. The van der Waals surface area contributed by atoms with Crippen LogP contribution in [0.5, 0.6) is 0 Å². The van der Waals surface area contributed by atoms with Crippen molar-refractivity contribution < 1.29 is 9.72 Å². The van der Waals surface area contributed by atoms with Crippen LogP contribution in [0.25, 0.3) is 10.2 Å². The number of aryl methyl sites for hydroxylation is 2. The summed E-state index contributed by atoms with van der Waals surface area (Å²) in [5.74, 6) is -0.462. The van der Waals surface area contributed by atoms with Crippen molar-refractivity contribution in [3.8, 4) is 0 Å². The molecule has 9 nitrogen and oxygen atoms in total. The van der Waals surface area contributed by atoms with E-state index in [0.717, 1.165) is 36.1 Å². The van der Waals surface area contributed by atoms with Crippen LogP contribution in [0.3, 0.4) is 0 Å². The van der Waals surface area contributed by atoms with Crippen molar-refractivity contribution >= 4 is 39.4 Å². The number of fused-ring (bicyclic) bond motifs is 3. The molecule has 0 fully saturated rings. The van der Waals surface area contributed by atoms with Gasteiger partial charge in [-0.15, -0.1) is 11.3 Å². The van der Waals surface area contributed by atoms with Gasteiger partial charge in [0.1, 0.15) is 11.4 Å². The van der Waals surface area contributed by atoms with Gasteiger partial charge in [-0.25, -0.2) is 10.4 Å². The normalized spacial score (nSPS) is 13.5. The van der Waals surface area contributed by atoms with Gasteiger partial charge in [-0.05, 0) is 48.9 Å². The van der Waals surface area contributed by atoms with E-state index in [-0.39, 0.29) is 17.8 Å². The first-order valence-corrected chi connectivity index (χ1v) is 9.90. The number of benzene rings is 1. The largest absolute Gasteiger partial charge is 0.289 e. The third kappa shape index (κ3) is 3.92. The van der Waals surface area contributed by atoms with Crippen molar-refractivity contribution in [3.05, 3.63) is 67.1 Å². The van der Waals surface area contributed by atoms with E-state index in [4.69, 9.17) is 0 Å². The van der Waals surface area contributed by atoms with Crippen molar-refractivity contribution in [2.75, 3.05) is 0 Å². The van der Waals surface area contributed by atoms with Crippen LogP contribution in [-0.2, 0) is 24.2 Å². The molecule has 1 aliphatic rings. The predicted octanol–water partition coefficient (Wildman–Crippen LogP) is 2.40. The monoisotopic (exact) mass is 411 g/mol. The summed E-state index contributed by atoms with van der Waals surface area (Å²) < 4.78 is 1.29. The quantitative estimate of drug-likeness (QED) is 0.393. The van der Waals surface area contributed by atoms with Gasteiger partial charge in [-0.1, -0.05) is 0 Å². The van der Waals surface area contributed by atoms with Crippen molar-refractivity contribution in [2.45, 2.75) is 32.2 Å². The van der Waals surface area contributed by atoms with E-state index in [2.05, 4.69) is 15.5 Å². The van der Waals surface area contributed by atoms with Crippen molar-refractivity contribution in [1.29, 1.82) is 0 Å². The zero-order valence-electron chi connectivity index (χ0n) is 15.3. The summed E-state index contributed by atoms with van der Waals surface area (Å²) in [6.07, 6.45) is 6.82. The van der Waals surface area contributed by atoms with Gasteiger partial charge in [-0.3, -0.25) is 24.3 Å². The van der Waals surface area contributed by atoms with Crippen LogP contribution in [0.2, 0.25) is 0 Å². The molecule has 2 aromatic heterocycles. The predicted molar refractivity (Wildman–Crippen MR) is 109 cm³/mol. The van der Waals surface area contributed by atoms with Gasteiger partial charge < -0.3 is 0 Å². The molecule has 2 heterocycles. The van der Waals surface area contributed by atoms with E-state index in [0.29, 0.717) is 10.9 Å². The van der Waals surface area contributed by atoms with Crippen LogP contribution in [0.4, 0.5) is 5.69 Å². The molecule has 10 heteroatoms. The highest BCUT2D eigenvalue weighted by Gasteiger charge is 2.20. The van der Waals surface area contributed by atoms with Gasteiger partial charge in [0.25, 0.3) is 17.2 Å². The second-order valence-corrected chi connectivity index (χ2v) is 7.79. The number of nitro groups is 1. The Labute approximate surface area is 168 Å². The number of nitro benzene ring substituents is 1. The van der Waals surface area contributed by atoms with Gasteiger partial charge in [0.2, 0.25) is 0 Å². The van der Waals surface area contributed by atoms with Crippen LogP contribution in [0.15, 0.2) is 40.5 Å². The molecule has 4 rings (SSSR count). The number of hydrogen-bond acceptors (Lipinski definition) is 7. The number of carbonyl (C=O) groups is 1. The van der Waals surface area contributed by atoms with Crippen LogP contribution in [0.1, 0.15) is 28.8 Å². The highest BCUT2D eigenvalue weighted by molar-refractivity contribution is 7.18. The molecule has 0 saturated heterocycles. The van der Waals surface area contributed by atoms with E-state index in [1.165, 1.54) is 46.3 Å². The molecule has 0 unspecified atom stereocenters. The van der Waals surface area contributed by atoms with Crippen LogP contribution < -0.4 is 11.0 Å². The Morgan fingerprint density at radius 1 is 1.31 bits per heavy atom. The van der Waals surface area contributed by atoms with Gasteiger partial charge in [0.05, 0.1) is 22.9 Å². The minimum absolute atomic E-state index is 0.0240. The second-order valence-electron chi connectivity index (χ2n) is 6.71. The highest BCUT2D eigenvalue weighted by atomic mass is 32.1. The van der Waals surface area contributed by atoms with Crippen LogP contribution in [-0.4, -0.2) is 26.6 Å². The maximum Gasteiger partial charge on any atom is 0.269 e. The maximum atomic E-state index is 12.8. The standard InChI is InChI=1S/C19H17N5O4S/c25-16(22-21-9-12-5-7-13(8-6-12)24(27)28)10-23-11-20-18-17(19(23)26)14-3-1-2-4-15(14)29-18/h5-9,11H,1-4,10H2,(H,22,25)/b21-9-. The molecule has 3 aromatic rings. The maximum absolute atomic E-state index is 12.8. The lowest BCUT2D eigenvalue weighted by Gasteiger charge is -2.10. The topological polar surface area (TPSA) is 119 Å². The summed E-state index contributed by atoms with van der Waals surface area (Å²) >= 11 is 1.57. The summed E-state index contributed by atoms with van der Waals surface area (Å²) in [5, 5.41) is 15.1. The first-order chi connectivity index (χ1) is 14.0. The number of rotatable bonds is 5. The number of aromatic nitrogens is 2. The Balaban J connectivity index is 1.45. The second kappa shape index (κ2) is 7.92. The third-order valence-electron chi connectivity index (χ3n) is 4.76. The van der Waals surface area contributed by atoms with Gasteiger partial charge >= 0.3 is 0 Å². The van der Waals surface area contributed by atoms with Gasteiger partial charge in [-0.2, -0.15) is 5.10 Å². The van der Waals surface area contributed by atoms with Crippen molar-refractivity contribution in [3.63, 3.8) is 0 Å². The molecule has 1 aliphatic carbocycles. The molecule has 0 bridgehead atoms. The van der Waals surface area contributed by atoms with Crippen molar-refractivity contribution in [1.82, 2.24) is 15.0 Å². The van der Waals surface area contributed by atoms with E-state index >= 15 is 0 Å². The number of thiophene rings is 1. The number of carbonyl (C=O) groups excluding carboxylic acids is 1. The van der Waals surface area contributed by atoms with E-state index in [1.54, 1.807) is 11.3 Å². The molecule has 0 spiro atoms. The fraction of sp³-hybridized carbons (Fsp3) is 0.263. The number of nitrogens with one attached hydrogen (secondary N) is 1. The number of hydrazone groups is 1. The van der Waals surface area contributed by atoms with Crippen LogP contribution >= 0.6 is 11.3 Å². The molecular formula is C19H17N5O4S. The fourth-order valence-corrected chi connectivity index (χ4v) is 4.56. The fourth-order valence-electron chi connectivity index (χ4n) is 3.34. The number of amides is 1. The van der Waals surface area contributed by atoms with E-state index in [1.807, 2.05) is 0 Å². The zero-order chi connectivity index (χ0) is 20.4. The summed E-state index contributed by atoms with van der Waals surface area (Å²) in [6, 6.07) is 5.75. The average Bonchev–Trinajstić information content (AvgIpc) is 3.10. The van der Waals surface area contributed by atoms with Crippen molar-refractivity contribution in [2.24, 2.45) is 5.10 Å². The molecule has 0 aliphatic heterocycles. The first-order valence-electron chi connectivity index (χ1n) is 9.09. The first kappa shape index (κ1) is 18.9. The molecular weight excluding hydrogens is 394 g/mol. The minimum atomic E-state index is -0.490. The Kier molecular flexibility index (Phi) is 5.17. The molecule has 0 radical (unpaired) electrons. The van der Waals surface area contributed by atoms with Gasteiger partial charge in [0.15, 0.2) is 0 Å². The van der Waals surface area contributed by atoms with Crippen LogP contribution in [0, 0.1) is 10.1 Å². The molecule has 0 saturated carbocycles. The highest BCUT2D eigenvalue weighted by Crippen LogP contribution is 2.33. The number of hydrogen-bond donors (Lipinski definition) is 1. The molecule has 1 N–H and O–H groups in total. The lowest BCUT2D eigenvalue weighted by Crippen LogP contribution is -2.30. The Morgan fingerprint density at radius 3 is 2.83 bits per heavy atom. The molecule has 1 amide bonds.